The van der Waals surface area contributed by atoms with Crippen LogP contribution in [-0.4, -0.2) is 90.4 Å². The Kier molecular flexibility index (Phi) is 11.5. The van der Waals surface area contributed by atoms with Crippen LogP contribution in [0.4, 0.5) is 4.79 Å². The van der Waals surface area contributed by atoms with Gasteiger partial charge in [-0.25, -0.2) is 14.8 Å². The highest BCUT2D eigenvalue weighted by atomic mass is 16.5. The largest absolute Gasteiger partial charge is 0.465 e. The van der Waals surface area contributed by atoms with Gasteiger partial charge in [-0.3, -0.25) is 14.4 Å². The monoisotopic (exact) mass is 865 g/mol. The summed E-state index contributed by atoms with van der Waals surface area (Å²) in [4.78, 5) is 71.8. The van der Waals surface area contributed by atoms with Gasteiger partial charge in [0.15, 0.2) is 0 Å². The van der Waals surface area contributed by atoms with E-state index in [2.05, 4.69) is 73.7 Å². The van der Waals surface area contributed by atoms with Crippen molar-refractivity contribution in [3.05, 3.63) is 102 Å². The molecule has 0 radical (unpaired) electrons. The van der Waals surface area contributed by atoms with Crippen LogP contribution in [0, 0.1) is 11.8 Å². The van der Waals surface area contributed by atoms with E-state index < -0.39 is 24.4 Å². The number of aromatic nitrogens is 5. The zero-order chi connectivity index (χ0) is 44.8. The van der Waals surface area contributed by atoms with Gasteiger partial charge in [-0.05, 0) is 67.9 Å². The Morgan fingerprint density at radius 1 is 0.750 bits per heavy atom. The van der Waals surface area contributed by atoms with Gasteiger partial charge in [0.1, 0.15) is 29.5 Å². The molecular weight excluding hydrogens is 811 g/mol. The zero-order valence-electron chi connectivity index (χ0n) is 37.1. The Morgan fingerprint density at radius 2 is 1.33 bits per heavy atom. The molecule has 3 aromatic carbocycles. The Labute approximate surface area is 371 Å². The van der Waals surface area contributed by atoms with E-state index in [1.807, 2.05) is 68.0 Å². The van der Waals surface area contributed by atoms with Crippen LogP contribution in [0.1, 0.15) is 95.8 Å². The molecule has 15 heteroatoms. The first-order chi connectivity index (χ1) is 30.9. The lowest BCUT2D eigenvalue weighted by Gasteiger charge is -2.30. The number of ether oxygens (including phenoxy) is 2. The van der Waals surface area contributed by atoms with Crippen molar-refractivity contribution in [2.75, 3.05) is 20.2 Å². The van der Waals surface area contributed by atoms with Crippen molar-refractivity contribution >= 4 is 34.7 Å². The van der Waals surface area contributed by atoms with E-state index in [1.54, 1.807) is 6.20 Å². The number of likely N-dealkylation sites (tertiary alicyclic amines) is 2. The Balaban J connectivity index is 1.01. The third-order valence-electron chi connectivity index (χ3n) is 12.9. The van der Waals surface area contributed by atoms with Crippen LogP contribution < -0.4 is 15.4 Å². The first kappa shape index (κ1) is 42.4. The number of aromatic amines is 2. The normalized spacial score (nSPS) is 19.0. The van der Waals surface area contributed by atoms with E-state index in [9.17, 15) is 19.2 Å². The smallest absolute Gasteiger partial charge is 0.407 e. The van der Waals surface area contributed by atoms with Crippen LogP contribution in [0.2, 0.25) is 0 Å². The van der Waals surface area contributed by atoms with Gasteiger partial charge >= 0.3 is 6.09 Å². The number of alkyl carbamates (subject to hydrolysis) is 1. The van der Waals surface area contributed by atoms with Gasteiger partial charge in [0.2, 0.25) is 23.9 Å². The van der Waals surface area contributed by atoms with Crippen LogP contribution in [0.25, 0.3) is 44.7 Å². The SMILES string of the molecule is COC(=O)N[C@H](C(=O)N1CCC[C@H]1c1ncc(-c2ccc3c(c2)O[C@@H](c2ccccc2)n2c-3cc3cc(-c4cnc([C@@H]5CCCN5C(=O)[C@@H](NC(C)=O)C(C)C)[nH]4)ccc32)[nH]1)C(C)C. The van der Waals surface area contributed by atoms with Gasteiger partial charge in [-0.2, -0.15) is 0 Å². The summed E-state index contributed by atoms with van der Waals surface area (Å²) in [6.45, 7) is 10.3. The predicted molar refractivity (Wildman–Crippen MR) is 242 cm³/mol. The van der Waals surface area contributed by atoms with Gasteiger partial charge in [-0.15, -0.1) is 0 Å². The summed E-state index contributed by atoms with van der Waals surface area (Å²) in [5.74, 6) is 1.52. The van der Waals surface area contributed by atoms with Gasteiger partial charge in [0, 0.05) is 47.7 Å². The van der Waals surface area contributed by atoms with E-state index in [4.69, 9.17) is 19.4 Å². The summed E-state index contributed by atoms with van der Waals surface area (Å²) in [5.41, 5.74) is 7.51. The highest BCUT2D eigenvalue weighted by Gasteiger charge is 2.39. The quantitative estimate of drug-likeness (QED) is 0.102. The second kappa shape index (κ2) is 17.3. The third kappa shape index (κ3) is 7.88. The molecule has 0 aliphatic carbocycles. The fourth-order valence-corrected chi connectivity index (χ4v) is 9.59. The third-order valence-corrected chi connectivity index (χ3v) is 12.9. The molecule has 64 heavy (non-hydrogen) atoms. The number of hydrogen-bond donors (Lipinski definition) is 4. The molecule has 0 spiro atoms. The number of H-pyrrole nitrogens is 2. The predicted octanol–water partition coefficient (Wildman–Crippen LogP) is 7.90. The van der Waals surface area contributed by atoms with Gasteiger partial charge in [0.25, 0.3) is 0 Å². The van der Waals surface area contributed by atoms with Gasteiger partial charge < -0.3 is 44.4 Å². The molecule has 15 nitrogen and oxygen atoms in total. The number of amides is 4. The molecule has 4 amide bonds. The maximum atomic E-state index is 13.8. The number of nitrogens with zero attached hydrogens (tertiary/aromatic N) is 5. The fourth-order valence-electron chi connectivity index (χ4n) is 9.59. The molecule has 0 saturated carbocycles. The number of methoxy groups -OCH3 is 1. The number of hydrogen-bond acceptors (Lipinski definition) is 8. The standard InChI is InChI=1S/C49H55N9O6/c1-27(2)42(52-29(5)59)46(60)56-20-10-14-38(56)44-50-25-35(53-44)31-17-19-37-33(22-31)23-40-34-18-16-32(24-41(34)64-48(58(37)40)30-12-8-7-9-13-30)36-26-51-45(54-36)39-15-11-21-57(39)47(61)43(28(3)4)55-49(62)63-6/h7-9,12-13,16-19,22-28,38-39,42-43,48H,10-11,14-15,20-21H2,1-6H3,(H,50,53)(H,51,54)(H,52,59)(H,55,62)/t38-,39-,42-,43-,48-/m0/s1. The highest BCUT2D eigenvalue weighted by Crippen LogP contribution is 2.46. The average Bonchev–Trinajstić information content (AvgIpc) is 4.15. The summed E-state index contributed by atoms with van der Waals surface area (Å²) in [6, 6.07) is 23.2. The number of benzene rings is 3. The molecule has 6 aromatic rings. The lowest BCUT2D eigenvalue weighted by Crippen LogP contribution is -2.51. The lowest BCUT2D eigenvalue weighted by molar-refractivity contribution is -0.138. The van der Waals surface area contributed by atoms with Crippen LogP contribution in [0.15, 0.2) is 85.2 Å². The summed E-state index contributed by atoms with van der Waals surface area (Å²) in [5, 5.41) is 6.61. The van der Waals surface area contributed by atoms with E-state index in [-0.39, 0.29) is 41.6 Å². The van der Waals surface area contributed by atoms with E-state index in [0.29, 0.717) is 18.9 Å². The van der Waals surface area contributed by atoms with E-state index in [1.165, 1.54) is 14.0 Å². The average molecular weight is 866 g/mol. The molecule has 9 rings (SSSR count). The first-order valence-corrected chi connectivity index (χ1v) is 22.2. The number of carbonyl (C=O) groups is 4. The van der Waals surface area contributed by atoms with Crippen LogP contribution in [0.3, 0.4) is 0 Å². The minimum Gasteiger partial charge on any atom is -0.465 e. The van der Waals surface area contributed by atoms with Crippen LogP contribution in [-0.2, 0) is 19.1 Å². The highest BCUT2D eigenvalue weighted by molar-refractivity contribution is 5.93. The minimum atomic E-state index is -0.716. The van der Waals surface area contributed by atoms with Crippen molar-refractivity contribution in [2.24, 2.45) is 11.8 Å². The second-order valence-corrected chi connectivity index (χ2v) is 17.8. The zero-order valence-corrected chi connectivity index (χ0v) is 37.1. The van der Waals surface area contributed by atoms with Crippen LogP contribution >= 0.6 is 0 Å². The molecular formula is C49H55N9O6. The Hall–Kier alpha value is -6.90. The van der Waals surface area contributed by atoms with Gasteiger partial charge in [-0.1, -0.05) is 70.2 Å². The maximum Gasteiger partial charge on any atom is 0.407 e. The van der Waals surface area contributed by atoms with Crippen molar-refractivity contribution in [1.29, 1.82) is 0 Å². The molecule has 0 bridgehead atoms. The number of imidazole rings is 2. The summed E-state index contributed by atoms with van der Waals surface area (Å²) in [7, 11) is 1.29. The number of carbonyl (C=O) groups excluding carboxylic acids is 4. The second-order valence-electron chi connectivity index (χ2n) is 17.8. The topological polar surface area (TPSA) is 180 Å². The molecule has 3 aliphatic heterocycles. The molecule has 5 atom stereocenters. The molecule has 2 saturated heterocycles. The molecule has 2 fully saturated rings. The molecule has 3 aliphatic rings. The molecule has 6 heterocycles. The molecule has 0 unspecified atom stereocenters. The summed E-state index contributed by atoms with van der Waals surface area (Å²) in [6.07, 6.45) is 5.78. The van der Waals surface area contributed by atoms with Crippen molar-refractivity contribution in [1.82, 2.24) is 44.9 Å². The number of rotatable bonds is 11. The number of fused-ring (bicyclic) bond motifs is 5. The number of nitrogens with one attached hydrogen (secondary N) is 4. The Bertz CT molecular complexity index is 2720. The fraction of sp³-hybridized carbons (Fsp3) is 0.388. The lowest BCUT2D eigenvalue weighted by atomic mass is 10.0. The minimum absolute atomic E-state index is 0.0492. The molecule has 332 valence electrons. The van der Waals surface area contributed by atoms with Gasteiger partial charge in [0.05, 0.1) is 54.2 Å². The Morgan fingerprint density at radius 3 is 1.91 bits per heavy atom. The van der Waals surface area contributed by atoms with Crippen molar-refractivity contribution in [3.63, 3.8) is 0 Å². The first-order valence-electron chi connectivity index (χ1n) is 22.2. The van der Waals surface area contributed by atoms with Crippen molar-refractivity contribution < 1.29 is 28.7 Å². The van der Waals surface area contributed by atoms with Crippen LogP contribution in [0.5, 0.6) is 5.75 Å². The molecule has 4 N–H and O–H groups in total. The summed E-state index contributed by atoms with van der Waals surface area (Å²) < 4.78 is 14.0. The van der Waals surface area contributed by atoms with Crippen molar-refractivity contribution in [2.45, 2.75) is 90.7 Å². The van der Waals surface area contributed by atoms with E-state index in [0.717, 1.165) is 87.5 Å². The summed E-state index contributed by atoms with van der Waals surface area (Å²) >= 11 is 0. The molecule has 3 aromatic heterocycles. The van der Waals surface area contributed by atoms with Crippen molar-refractivity contribution in [3.8, 4) is 39.5 Å². The maximum absolute atomic E-state index is 13.8. The van der Waals surface area contributed by atoms with E-state index >= 15 is 0 Å².